The SMILES string of the molecule is CC12CC(c3cccc(Oc4ccccc4)c3)C(C(=O)N1)C(=O)N2. The molecule has 0 aliphatic carbocycles. The summed E-state index contributed by atoms with van der Waals surface area (Å²) in [7, 11) is 0. The third-order valence-corrected chi connectivity index (χ3v) is 4.66. The molecule has 3 saturated heterocycles. The van der Waals surface area contributed by atoms with Crippen LogP contribution in [0.15, 0.2) is 54.6 Å². The highest BCUT2D eigenvalue weighted by Gasteiger charge is 2.53. The fourth-order valence-electron chi connectivity index (χ4n) is 3.62. The van der Waals surface area contributed by atoms with Crippen LogP contribution in [0.5, 0.6) is 11.5 Å². The Morgan fingerprint density at radius 2 is 1.62 bits per heavy atom. The predicted molar refractivity (Wildman–Crippen MR) is 88.5 cm³/mol. The van der Waals surface area contributed by atoms with E-state index in [1.54, 1.807) is 0 Å². The van der Waals surface area contributed by atoms with Gasteiger partial charge in [-0.05, 0) is 43.2 Å². The van der Waals surface area contributed by atoms with Crippen LogP contribution in [0.25, 0.3) is 0 Å². The van der Waals surface area contributed by atoms with Crippen molar-refractivity contribution in [1.82, 2.24) is 10.6 Å². The summed E-state index contributed by atoms with van der Waals surface area (Å²) in [5.41, 5.74) is 0.272. The summed E-state index contributed by atoms with van der Waals surface area (Å²) in [6.07, 6.45) is 0.671. The molecule has 2 amide bonds. The van der Waals surface area contributed by atoms with E-state index in [1.807, 2.05) is 61.5 Å². The quantitative estimate of drug-likeness (QED) is 0.854. The second kappa shape index (κ2) is 5.37. The van der Waals surface area contributed by atoms with Gasteiger partial charge < -0.3 is 15.4 Å². The molecule has 2 aromatic rings. The minimum absolute atomic E-state index is 0.142. The summed E-state index contributed by atoms with van der Waals surface area (Å²) in [6, 6.07) is 17.2. The van der Waals surface area contributed by atoms with Crippen LogP contribution in [-0.4, -0.2) is 17.5 Å². The van der Waals surface area contributed by atoms with E-state index in [9.17, 15) is 9.59 Å². The average molecular weight is 322 g/mol. The Morgan fingerprint density at radius 3 is 2.29 bits per heavy atom. The zero-order valence-corrected chi connectivity index (χ0v) is 13.3. The molecule has 5 nitrogen and oxygen atoms in total. The van der Waals surface area contributed by atoms with Crippen molar-refractivity contribution < 1.29 is 14.3 Å². The van der Waals surface area contributed by atoms with Crippen LogP contribution >= 0.6 is 0 Å². The first-order valence-corrected chi connectivity index (χ1v) is 8.01. The molecule has 5 rings (SSSR count). The maximum Gasteiger partial charge on any atom is 0.235 e. The van der Waals surface area contributed by atoms with E-state index >= 15 is 0 Å². The van der Waals surface area contributed by atoms with Crippen molar-refractivity contribution in [2.75, 3.05) is 0 Å². The molecule has 1 unspecified atom stereocenters. The van der Waals surface area contributed by atoms with E-state index in [0.717, 1.165) is 11.3 Å². The largest absolute Gasteiger partial charge is 0.457 e. The molecule has 3 fully saturated rings. The van der Waals surface area contributed by atoms with E-state index in [4.69, 9.17) is 4.74 Å². The van der Waals surface area contributed by atoms with Crippen molar-refractivity contribution in [3.63, 3.8) is 0 Å². The summed E-state index contributed by atoms with van der Waals surface area (Å²) in [4.78, 5) is 24.5. The molecular formula is C19H18N2O3. The van der Waals surface area contributed by atoms with Crippen molar-refractivity contribution in [2.45, 2.75) is 24.9 Å². The monoisotopic (exact) mass is 322 g/mol. The van der Waals surface area contributed by atoms with Crippen molar-refractivity contribution in [2.24, 2.45) is 5.92 Å². The highest BCUT2D eigenvalue weighted by Crippen LogP contribution is 2.41. The van der Waals surface area contributed by atoms with Gasteiger partial charge in [0.1, 0.15) is 23.1 Å². The minimum Gasteiger partial charge on any atom is -0.457 e. The molecule has 3 aliphatic rings. The van der Waals surface area contributed by atoms with Gasteiger partial charge in [0, 0.05) is 5.92 Å². The van der Waals surface area contributed by atoms with Crippen molar-refractivity contribution in [1.29, 1.82) is 0 Å². The van der Waals surface area contributed by atoms with Crippen molar-refractivity contribution in [3.8, 4) is 11.5 Å². The topological polar surface area (TPSA) is 67.4 Å². The molecule has 0 saturated carbocycles. The van der Waals surface area contributed by atoms with Crippen LogP contribution < -0.4 is 15.4 Å². The number of carbonyl (C=O) groups is 2. The first kappa shape index (κ1) is 14.8. The number of hydrogen-bond donors (Lipinski definition) is 2. The van der Waals surface area contributed by atoms with E-state index in [0.29, 0.717) is 12.2 Å². The van der Waals surface area contributed by atoms with Crippen LogP contribution in [0.2, 0.25) is 0 Å². The Kier molecular flexibility index (Phi) is 3.30. The van der Waals surface area contributed by atoms with Crippen molar-refractivity contribution in [3.05, 3.63) is 60.2 Å². The molecular weight excluding hydrogens is 304 g/mol. The predicted octanol–water partition coefficient (Wildman–Crippen LogP) is 2.54. The van der Waals surface area contributed by atoms with Gasteiger partial charge in [-0.15, -0.1) is 0 Å². The number of carbonyl (C=O) groups excluding carboxylic acids is 2. The maximum atomic E-state index is 12.2. The van der Waals surface area contributed by atoms with E-state index in [2.05, 4.69) is 10.6 Å². The lowest BCUT2D eigenvalue weighted by atomic mass is 9.72. The first-order chi connectivity index (χ1) is 11.5. The number of ether oxygens (including phenoxy) is 1. The number of benzene rings is 2. The smallest absolute Gasteiger partial charge is 0.235 e. The third kappa shape index (κ3) is 2.52. The van der Waals surface area contributed by atoms with Crippen LogP contribution in [0.1, 0.15) is 24.8 Å². The van der Waals surface area contributed by atoms with Crippen LogP contribution in [0.3, 0.4) is 0 Å². The Morgan fingerprint density at radius 1 is 0.958 bits per heavy atom. The molecule has 3 heterocycles. The zero-order chi connectivity index (χ0) is 16.7. The van der Waals surface area contributed by atoms with E-state index in [-0.39, 0.29) is 17.7 Å². The molecule has 1 atom stereocenters. The van der Waals surface area contributed by atoms with Gasteiger partial charge in [-0.1, -0.05) is 30.3 Å². The number of nitrogens with one attached hydrogen (secondary N) is 2. The highest BCUT2D eigenvalue weighted by molar-refractivity contribution is 6.05. The number of amides is 2. The number of hydrogen-bond acceptors (Lipinski definition) is 3. The molecule has 0 aromatic heterocycles. The lowest BCUT2D eigenvalue weighted by Crippen LogP contribution is -2.72. The number of fused-ring (bicyclic) bond motifs is 3. The average Bonchev–Trinajstić information content (AvgIpc) is 2.54. The Bertz CT molecular complexity index is 785. The summed E-state index contributed by atoms with van der Waals surface area (Å²) in [5, 5.41) is 5.75. The first-order valence-electron chi connectivity index (χ1n) is 8.01. The lowest BCUT2D eigenvalue weighted by Gasteiger charge is -2.48. The fourth-order valence-corrected chi connectivity index (χ4v) is 3.62. The second-order valence-corrected chi connectivity index (χ2v) is 6.59. The van der Waals surface area contributed by atoms with Crippen LogP contribution in [0, 0.1) is 5.92 Å². The summed E-state index contributed by atoms with van der Waals surface area (Å²) < 4.78 is 5.87. The Labute approximate surface area is 140 Å². The highest BCUT2D eigenvalue weighted by atomic mass is 16.5. The molecule has 5 heteroatoms. The second-order valence-electron chi connectivity index (χ2n) is 6.59. The maximum absolute atomic E-state index is 12.2. The standard InChI is InChI=1S/C19H18N2O3/c1-19-11-15(16(17(22)20-19)18(23)21-19)12-6-5-9-14(10-12)24-13-7-3-2-4-8-13/h2-10,15-16H,11H2,1H3,(H,20,22)(H,21,23). The Balaban J connectivity index is 1.64. The minimum atomic E-state index is -0.682. The van der Waals surface area contributed by atoms with Gasteiger partial charge in [-0.3, -0.25) is 9.59 Å². The normalized spacial score (nSPS) is 28.2. The summed E-state index contributed by atoms with van der Waals surface area (Å²) >= 11 is 0. The molecule has 2 N–H and O–H groups in total. The number of piperidine rings is 2. The molecule has 2 aromatic carbocycles. The number of rotatable bonds is 3. The molecule has 2 bridgehead atoms. The molecule has 122 valence electrons. The van der Waals surface area contributed by atoms with Gasteiger partial charge in [0.2, 0.25) is 11.8 Å². The molecule has 0 spiro atoms. The van der Waals surface area contributed by atoms with Crippen LogP contribution in [-0.2, 0) is 9.59 Å². The molecule has 0 radical (unpaired) electrons. The van der Waals surface area contributed by atoms with Crippen molar-refractivity contribution >= 4 is 11.8 Å². The molecule has 3 aliphatic heterocycles. The summed E-state index contributed by atoms with van der Waals surface area (Å²) in [6.45, 7) is 1.84. The van der Waals surface area contributed by atoms with Crippen LogP contribution in [0.4, 0.5) is 0 Å². The van der Waals surface area contributed by atoms with Gasteiger partial charge in [0.15, 0.2) is 0 Å². The zero-order valence-electron chi connectivity index (χ0n) is 13.3. The molecule has 24 heavy (non-hydrogen) atoms. The fraction of sp³-hybridized carbons (Fsp3) is 0.263. The Hall–Kier alpha value is -2.82. The van der Waals surface area contributed by atoms with Gasteiger partial charge >= 0.3 is 0 Å². The van der Waals surface area contributed by atoms with E-state index in [1.165, 1.54) is 0 Å². The van der Waals surface area contributed by atoms with Gasteiger partial charge in [0.25, 0.3) is 0 Å². The van der Waals surface area contributed by atoms with Gasteiger partial charge in [0.05, 0.1) is 0 Å². The lowest BCUT2D eigenvalue weighted by molar-refractivity contribution is -0.149. The van der Waals surface area contributed by atoms with Gasteiger partial charge in [-0.2, -0.15) is 0 Å². The number of para-hydroxylation sites is 1. The van der Waals surface area contributed by atoms with E-state index < -0.39 is 11.6 Å². The third-order valence-electron chi connectivity index (χ3n) is 4.66. The van der Waals surface area contributed by atoms with Gasteiger partial charge in [-0.25, -0.2) is 0 Å². The summed E-state index contributed by atoms with van der Waals surface area (Å²) in [5.74, 6) is 0.225.